The average Bonchev–Trinajstić information content (AvgIpc) is 2.91. The number of nitrogens with one attached hydrogen (secondary N) is 1. The number of hydrogen-bond donors (Lipinski definition) is 1. The number of anilines is 1. The van der Waals surface area contributed by atoms with Crippen molar-refractivity contribution in [2.24, 2.45) is 0 Å². The van der Waals surface area contributed by atoms with E-state index in [1.165, 1.54) is 28.8 Å². The van der Waals surface area contributed by atoms with Gasteiger partial charge in [-0.25, -0.2) is 17.6 Å². The van der Waals surface area contributed by atoms with Gasteiger partial charge in [-0.3, -0.25) is 9.59 Å². The van der Waals surface area contributed by atoms with E-state index in [-0.39, 0.29) is 23.6 Å². The third-order valence-corrected chi connectivity index (χ3v) is 7.75. The molecule has 2 amide bonds. The van der Waals surface area contributed by atoms with E-state index in [9.17, 15) is 27.2 Å². The molecule has 0 spiro atoms. The monoisotopic (exact) mass is 574 g/mol. The van der Waals surface area contributed by atoms with Gasteiger partial charge in [0.15, 0.2) is 0 Å². The Morgan fingerprint density at radius 3 is 2.45 bits per heavy atom. The second-order valence-corrected chi connectivity index (χ2v) is 10.9. The van der Waals surface area contributed by atoms with Crippen LogP contribution in [0.1, 0.15) is 61.0 Å². The number of amides is 2. The molecule has 3 aromatic carbocycles. The third-order valence-electron chi connectivity index (χ3n) is 6.61. The number of carbonyl (C=O) groups excluding carboxylic acids is 2. The molecule has 1 aliphatic rings. The molecule has 3 aromatic rings. The third kappa shape index (κ3) is 6.78. The van der Waals surface area contributed by atoms with Gasteiger partial charge in [0.1, 0.15) is 29.0 Å². The van der Waals surface area contributed by atoms with E-state index in [2.05, 4.69) is 12.2 Å². The van der Waals surface area contributed by atoms with Crippen LogP contribution in [0.25, 0.3) is 0 Å². The van der Waals surface area contributed by atoms with Crippen LogP contribution in [0.15, 0.2) is 53.4 Å². The van der Waals surface area contributed by atoms with E-state index in [0.29, 0.717) is 35.1 Å². The van der Waals surface area contributed by atoms with Crippen LogP contribution < -0.4 is 15.0 Å². The van der Waals surface area contributed by atoms with Gasteiger partial charge < -0.3 is 15.0 Å². The van der Waals surface area contributed by atoms with E-state index >= 15 is 0 Å². The molecule has 10 heteroatoms. The quantitative estimate of drug-likeness (QED) is 0.195. The number of fused-ring (bicyclic) bond motifs is 1. The molecule has 4 rings (SSSR count). The van der Waals surface area contributed by atoms with Gasteiger partial charge in [0, 0.05) is 40.3 Å². The van der Waals surface area contributed by atoms with Crippen LogP contribution in [0.2, 0.25) is 0 Å². The van der Waals surface area contributed by atoms with Crippen molar-refractivity contribution >= 4 is 29.3 Å². The van der Waals surface area contributed by atoms with E-state index in [4.69, 9.17) is 4.74 Å². The predicted octanol–water partition coefficient (Wildman–Crippen LogP) is 7.16. The average molecular weight is 575 g/mol. The van der Waals surface area contributed by atoms with Crippen LogP contribution in [0.4, 0.5) is 23.2 Å². The lowest BCUT2D eigenvalue weighted by atomic mass is 10.1. The summed E-state index contributed by atoms with van der Waals surface area (Å²) in [6.07, 6.45) is 4.03. The van der Waals surface area contributed by atoms with Gasteiger partial charge in [-0.2, -0.15) is 0 Å². The summed E-state index contributed by atoms with van der Waals surface area (Å²) in [4.78, 5) is 28.1. The van der Waals surface area contributed by atoms with Gasteiger partial charge in [-0.05, 0) is 43.7 Å². The zero-order valence-electron chi connectivity index (χ0n) is 22.2. The number of carbonyl (C=O) groups is 2. The lowest BCUT2D eigenvalue weighted by Gasteiger charge is -2.33. The Labute approximate surface area is 234 Å². The van der Waals surface area contributed by atoms with Crippen molar-refractivity contribution in [2.75, 3.05) is 11.5 Å². The standard InChI is InChI=1S/C30H30F4N2O3S/c1-3-4-5-6-12-39-27-9-7-8-23(32)22(27)17-36-26-11-10-19(13-28(26)40-18(2)30(36)38)29(37)35-16-21-24(33)14-20(31)15-25(21)34/h7-11,13-15,18H,3-6,12,16-17H2,1-2H3,(H,35,37). The smallest absolute Gasteiger partial charge is 0.251 e. The number of thioether (sulfide) groups is 1. The molecular weight excluding hydrogens is 544 g/mol. The topological polar surface area (TPSA) is 58.6 Å². The molecule has 0 saturated carbocycles. The molecule has 1 heterocycles. The first-order valence-corrected chi connectivity index (χ1v) is 14.0. The Morgan fingerprint density at radius 2 is 1.73 bits per heavy atom. The lowest BCUT2D eigenvalue weighted by Crippen LogP contribution is -2.39. The van der Waals surface area contributed by atoms with Crippen LogP contribution in [-0.2, 0) is 17.9 Å². The van der Waals surface area contributed by atoms with E-state index < -0.39 is 46.5 Å². The number of halogens is 4. The number of hydrogen-bond acceptors (Lipinski definition) is 4. The van der Waals surface area contributed by atoms with Crippen molar-refractivity contribution < 1.29 is 31.9 Å². The second kappa shape index (κ2) is 13.2. The lowest BCUT2D eigenvalue weighted by molar-refractivity contribution is -0.118. The second-order valence-electron chi connectivity index (χ2n) is 9.52. The molecule has 1 atom stereocenters. The molecule has 0 aliphatic carbocycles. The van der Waals surface area contributed by atoms with Crippen LogP contribution in [0.5, 0.6) is 5.75 Å². The Bertz CT molecular complexity index is 1380. The molecular formula is C30H30F4N2O3S. The number of unbranched alkanes of at least 4 members (excludes halogenated alkanes) is 3. The first-order valence-electron chi connectivity index (χ1n) is 13.1. The summed E-state index contributed by atoms with van der Waals surface area (Å²) >= 11 is 1.26. The maximum Gasteiger partial charge on any atom is 0.251 e. The minimum absolute atomic E-state index is 0.0532. The summed E-state index contributed by atoms with van der Waals surface area (Å²) in [6, 6.07) is 10.3. The van der Waals surface area contributed by atoms with Gasteiger partial charge in [0.05, 0.1) is 24.1 Å². The Balaban J connectivity index is 1.53. The molecule has 1 aliphatic heterocycles. The highest BCUT2D eigenvalue weighted by molar-refractivity contribution is 8.01. The largest absolute Gasteiger partial charge is 0.493 e. The van der Waals surface area contributed by atoms with Crippen LogP contribution in [0, 0.1) is 23.3 Å². The summed E-state index contributed by atoms with van der Waals surface area (Å²) in [5.41, 5.74) is 0.525. The molecule has 0 fully saturated rings. The van der Waals surface area contributed by atoms with E-state index in [1.54, 1.807) is 31.2 Å². The van der Waals surface area contributed by atoms with Crippen LogP contribution in [-0.4, -0.2) is 23.7 Å². The summed E-state index contributed by atoms with van der Waals surface area (Å²) in [7, 11) is 0. The molecule has 1 N–H and O–H groups in total. The maximum atomic E-state index is 15.0. The number of ether oxygens (including phenoxy) is 1. The zero-order chi connectivity index (χ0) is 28.8. The highest BCUT2D eigenvalue weighted by Gasteiger charge is 2.32. The predicted molar refractivity (Wildman–Crippen MR) is 146 cm³/mol. The van der Waals surface area contributed by atoms with Crippen molar-refractivity contribution in [1.29, 1.82) is 0 Å². The summed E-state index contributed by atoms with van der Waals surface area (Å²) in [5, 5.41) is 1.94. The summed E-state index contributed by atoms with van der Waals surface area (Å²) < 4.78 is 61.9. The van der Waals surface area contributed by atoms with Gasteiger partial charge >= 0.3 is 0 Å². The Hall–Kier alpha value is -3.53. The zero-order valence-corrected chi connectivity index (χ0v) is 23.1. The Kier molecular flexibility index (Phi) is 9.73. The number of rotatable bonds is 11. The highest BCUT2D eigenvalue weighted by atomic mass is 32.2. The molecule has 1 unspecified atom stereocenters. The fourth-order valence-corrected chi connectivity index (χ4v) is 5.53. The first-order chi connectivity index (χ1) is 19.2. The van der Waals surface area contributed by atoms with Crippen LogP contribution >= 0.6 is 11.8 Å². The molecule has 5 nitrogen and oxygen atoms in total. The minimum atomic E-state index is -1.10. The summed E-state index contributed by atoms with van der Waals surface area (Å²) in [6.45, 7) is 3.75. The van der Waals surface area contributed by atoms with Crippen LogP contribution in [0.3, 0.4) is 0 Å². The van der Waals surface area contributed by atoms with Crippen molar-refractivity contribution in [1.82, 2.24) is 5.32 Å². The fourth-order valence-electron chi connectivity index (χ4n) is 4.42. The van der Waals surface area contributed by atoms with Gasteiger partial charge in [-0.15, -0.1) is 11.8 Å². The maximum absolute atomic E-state index is 15.0. The molecule has 0 saturated heterocycles. The van der Waals surface area contributed by atoms with Crippen molar-refractivity contribution in [2.45, 2.75) is 62.8 Å². The fraction of sp³-hybridized carbons (Fsp3) is 0.333. The first kappa shape index (κ1) is 29.5. The van der Waals surface area contributed by atoms with Gasteiger partial charge in [0.25, 0.3) is 5.91 Å². The van der Waals surface area contributed by atoms with Crippen molar-refractivity contribution in [3.05, 3.63) is 88.5 Å². The molecule has 0 radical (unpaired) electrons. The van der Waals surface area contributed by atoms with Crippen molar-refractivity contribution in [3.63, 3.8) is 0 Å². The van der Waals surface area contributed by atoms with Crippen molar-refractivity contribution in [3.8, 4) is 5.75 Å². The number of benzene rings is 3. The molecule has 212 valence electrons. The highest BCUT2D eigenvalue weighted by Crippen LogP contribution is 2.41. The molecule has 40 heavy (non-hydrogen) atoms. The molecule has 0 bridgehead atoms. The summed E-state index contributed by atoms with van der Waals surface area (Å²) in [5.74, 6) is -4.16. The SMILES string of the molecule is CCCCCCOc1cccc(F)c1CN1C(=O)C(C)Sc2cc(C(=O)NCc3c(F)cc(F)cc3F)ccc21. The van der Waals surface area contributed by atoms with E-state index in [0.717, 1.165) is 25.7 Å². The normalized spacial score (nSPS) is 14.7. The molecule has 0 aromatic heterocycles. The van der Waals surface area contributed by atoms with Gasteiger partial charge in [-0.1, -0.05) is 32.3 Å². The van der Waals surface area contributed by atoms with Gasteiger partial charge in [0.2, 0.25) is 5.91 Å². The number of nitrogens with zero attached hydrogens (tertiary/aromatic N) is 1. The minimum Gasteiger partial charge on any atom is -0.493 e. The Morgan fingerprint density at radius 1 is 0.975 bits per heavy atom. The van der Waals surface area contributed by atoms with E-state index in [1.807, 2.05) is 0 Å².